The van der Waals surface area contributed by atoms with Crippen LogP contribution in [0.25, 0.3) is 0 Å². The van der Waals surface area contributed by atoms with Gasteiger partial charge in [0.25, 0.3) is 0 Å². The normalized spacial score (nSPS) is 15.0. The second kappa shape index (κ2) is 6.24. The molecule has 1 aliphatic rings. The van der Waals surface area contributed by atoms with Crippen LogP contribution in [0.4, 0.5) is 0 Å². The summed E-state index contributed by atoms with van der Waals surface area (Å²) in [6.07, 6.45) is 2.49. The van der Waals surface area contributed by atoms with E-state index in [0.29, 0.717) is 13.0 Å². The second-order valence-electron chi connectivity index (χ2n) is 5.96. The lowest BCUT2D eigenvalue weighted by Crippen LogP contribution is -2.35. The van der Waals surface area contributed by atoms with Gasteiger partial charge in [-0.2, -0.15) is 0 Å². The Morgan fingerprint density at radius 2 is 1.65 bits per heavy atom. The summed E-state index contributed by atoms with van der Waals surface area (Å²) in [4.78, 5) is 23.3. The monoisotopic (exact) mass is 309 g/mol. The van der Waals surface area contributed by atoms with Gasteiger partial charge in [-0.15, -0.1) is 0 Å². The number of aromatic carboxylic acids is 1. The highest BCUT2D eigenvalue weighted by Gasteiger charge is 2.50. The molecule has 23 heavy (non-hydrogen) atoms. The summed E-state index contributed by atoms with van der Waals surface area (Å²) in [6.45, 7) is 0.555. The lowest BCUT2D eigenvalue weighted by Gasteiger charge is -2.15. The Balaban J connectivity index is 1.55. The average molecular weight is 309 g/mol. The van der Waals surface area contributed by atoms with Crippen molar-refractivity contribution in [3.05, 3.63) is 71.3 Å². The highest BCUT2D eigenvalue weighted by atomic mass is 16.4. The number of carboxylic acid groups (broad SMARTS) is 1. The number of carbonyl (C=O) groups excluding carboxylic acids is 1. The van der Waals surface area contributed by atoms with E-state index in [1.165, 1.54) is 0 Å². The summed E-state index contributed by atoms with van der Waals surface area (Å²) < 4.78 is 0. The van der Waals surface area contributed by atoms with Crippen molar-refractivity contribution in [3.8, 4) is 0 Å². The predicted octanol–water partition coefficient (Wildman–Crippen LogP) is 2.78. The molecular weight excluding hydrogens is 290 g/mol. The fourth-order valence-corrected chi connectivity index (χ4v) is 2.83. The third kappa shape index (κ3) is 3.26. The molecule has 2 aromatic rings. The van der Waals surface area contributed by atoms with Crippen LogP contribution < -0.4 is 5.32 Å². The maximum absolute atomic E-state index is 12.5. The van der Waals surface area contributed by atoms with Crippen molar-refractivity contribution >= 4 is 11.9 Å². The van der Waals surface area contributed by atoms with Crippen molar-refractivity contribution in [2.45, 2.75) is 24.7 Å². The van der Waals surface area contributed by atoms with Crippen molar-refractivity contribution < 1.29 is 14.7 Å². The Hall–Kier alpha value is -2.62. The van der Waals surface area contributed by atoms with E-state index in [1.807, 2.05) is 30.3 Å². The lowest BCUT2D eigenvalue weighted by molar-refractivity contribution is -0.123. The molecule has 118 valence electrons. The van der Waals surface area contributed by atoms with Gasteiger partial charge in [-0.1, -0.05) is 42.5 Å². The molecule has 2 aromatic carbocycles. The van der Waals surface area contributed by atoms with Gasteiger partial charge in [-0.25, -0.2) is 4.79 Å². The summed E-state index contributed by atoms with van der Waals surface area (Å²) in [7, 11) is 0. The first-order valence-corrected chi connectivity index (χ1v) is 7.78. The smallest absolute Gasteiger partial charge is 0.335 e. The number of rotatable bonds is 6. The van der Waals surface area contributed by atoms with Gasteiger partial charge >= 0.3 is 5.97 Å². The van der Waals surface area contributed by atoms with Crippen molar-refractivity contribution in [2.75, 3.05) is 6.54 Å². The SMILES string of the molecule is O=C(O)c1ccc(CCNC(=O)C2(c3ccccc3)CC2)cc1. The van der Waals surface area contributed by atoms with E-state index in [1.54, 1.807) is 24.3 Å². The average Bonchev–Trinajstić information content (AvgIpc) is 3.38. The van der Waals surface area contributed by atoms with Crippen LogP contribution in [0.15, 0.2) is 54.6 Å². The first-order chi connectivity index (χ1) is 11.1. The fraction of sp³-hybridized carbons (Fsp3) is 0.263. The molecule has 0 heterocycles. The van der Waals surface area contributed by atoms with Crippen LogP contribution in [0.3, 0.4) is 0 Å². The minimum absolute atomic E-state index is 0.0888. The molecule has 0 unspecified atom stereocenters. The van der Waals surface area contributed by atoms with E-state index in [2.05, 4.69) is 5.32 Å². The van der Waals surface area contributed by atoms with Gasteiger partial charge < -0.3 is 10.4 Å². The second-order valence-corrected chi connectivity index (χ2v) is 5.96. The van der Waals surface area contributed by atoms with Gasteiger partial charge in [0.05, 0.1) is 11.0 Å². The summed E-state index contributed by atoms with van der Waals surface area (Å²) in [5, 5.41) is 11.9. The van der Waals surface area contributed by atoms with Crippen LogP contribution in [0, 0.1) is 0 Å². The van der Waals surface area contributed by atoms with Gasteiger partial charge in [-0.3, -0.25) is 4.79 Å². The molecular formula is C19H19NO3. The van der Waals surface area contributed by atoms with Gasteiger partial charge in [0.2, 0.25) is 5.91 Å². The summed E-state index contributed by atoms with van der Waals surface area (Å²) in [5.74, 6) is -0.839. The topological polar surface area (TPSA) is 66.4 Å². The minimum Gasteiger partial charge on any atom is -0.478 e. The Morgan fingerprint density at radius 3 is 2.22 bits per heavy atom. The molecule has 1 amide bonds. The molecule has 0 saturated heterocycles. The molecule has 0 spiro atoms. The number of carbonyl (C=O) groups is 2. The van der Waals surface area contributed by atoms with Crippen LogP contribution in [0.1, 0.15) is 34.3 Å². The zero-order valence-corrected chi connectivity index (χ0v) is 12.8. The Morgan fingerprint density at radius 1 is 1.00 bits per heavy atom. The maximum Gasteiger partial charge on any atom is 0.335 e. The van der Waals surface area contributed by atoms with Gasteiger partial charge in [0.1, 0.15) is 0 Å². The molecule has 0 aliphatic heterocycles. The fourth-order valence-electron chi connectivity index (χ4n) is 2.83. The number of hydrogen-bond donors (Lipinski definition) is 2. The molecule has 0 atom stereocenters. The van der Waals surface area contributed by atoms with Gasteiger partial charge in [0.15, 0.2) is 0 Å². The molecule has 3 rings (SSSR count). The number of hydrogen-bond acceptors (Lipinski definition) is 2. The first kappa shape index (κ1) is 15.3. The minimum atomic E-state index is -0.927. The van der Waals surface area contributed by atoms with E-state index in [9.17, 15) is 9.59 Å². The Bertz CT molecular complexity index is 703. The van der Waals surface area contributed by atoms with Crippen LogP contribution >= 0.6 is 0 Å². The molecule has 1 saturated carbocycles. The van der Waals surface area contributed by atoms with Crippen LogP contribution in [0.5, 0.6) is 0 Å². The highest BCUT2D eigenvalue weighted by Crippen LogP contribution is 2.48. The van der Waals surface area contributed by atoms with Gasteiger partial charge in [-0.05, 0) is 42.5 Å². The molecule has 2 N–H and O–H groups in total. The number of benzene rings is 2. The zero-order valence-electron chi connectivity index (χ0n) is 12.8. The number of nitrogens with one attached hydrogen (secondary N) is 1. The summed E-state index contributed by atoms with van der Waals surface area (Å²) in [5.41, 5.74) is 2.04. The Kier molecular flexibility index (Phi) is 4.15. The highest BCUT2D eigenvalue weighted by molar-refractivity contribution is 5.91. The van der Waals surface area contributed by atoms with E-state index in [0.717, 1.165) is 24.0 Å². The van der Waals surface area contributed by atoms with Crippen molar-refractivity contribution in [2.24, 2.45) is 0 Å². The lowest BCUT2D eigenvalue weighted by atomic mass is 9.95. The van der Waals surface area contributed by atoms with Crippen molar-refractivity contribution in [1.29, 1.82) is 0 Å². The van der Waals surface area contributed by atoms with Crippen LogP contribution in [-0.2, 0) is 16.6 Å². The van der Waals surface area contributed by atoms with E-state index < -0.39 is 5.97 Å². The largest absolute Gasteiger partial charge is 0.478 e. The maximum atomic E-state index is 12.5. The van der Waals surface area contributed by atoms with Crippen molar-refractivity contribution in [1.82, 2.24) is 5.32 Å². The molecule has 0 aromatic heterocycles. The molecule has 4 nitrogen and oxygen atoms in total. The third-order valence-corrected chi connectivity index (χ3v) is 4.41. The first-order valence-electron chi connectivity index (χ1n) is 7.78. The van der Waals surface area contributed by atoms with Crippen molar-refractivity contribution in [3.63, 3.8) is 0 Å². The van der Waals surface area contributed by atoms with Gasteiger partial charge in [0, 0.05) is 6.54 Å². The zero-order chi connectivity index (χ0) is 16.3. The quantitative estimate of drug-likeness (QED) is 0.862. The van der Waals surface area contributed by atoms with E-state index in [4.69, 9.17) is 5.11 Å². The van der Waals surface area contributed by atoms with Crippen LogP contribution in [-0.4, -0.2) is 23.5 Å². The standard InChI is InChI=1S/C19H19NO3/c21-17(22)15-8-6-14(7-9-15)10-13-20-18(23)19(11-12-19)16-4-2-1-3-5-16/h1-9H,10-13H2,(H,20,23)(H,21,22). The molecule has 0 radical (unpaired) electrons. The van der Waals surface area contributed by atoms with E-state index >= 15 is 0 Å². The van der Waals surface area contributed by atoms with Crippen LogP contribution in [0.2, 0.25) is 0 Å². The van der Waals surface area contributed by atoms with E-state index in [-0.39, 0.29) is 16.9 Å². The Labute approximate surface area is 135 Å². The number of carboxylic acids is 1. The third-order valence-electron chi connectivity index (χ3n) is 4.41. The predicted molar refractivity (Wildman–Crippen MR) is 87.5 cm³/mol. The summed E-state index contributed by atoms with van der Waals surface area (Å²) in [6, 6.07) is 16.7. The molecule has 0 bridgehead atoms. The summed E-state index contributed by atoms with van der Waals surface area (Å²) >= 11 is 0. The molecule has 1 aliphatic carbocycles. The molecule has 4 heteroatoms. The molecule has 1 fully saturated rings. The number of amides is 1.